The molecule has 0 fully saturated rings. The van der Waals surface area contributed by atoms with Crippen LogP contribution in [0.25, 0.3) is 0 Å². The summed E-state index contributed by atoms with van der Waals surface area (Å²) >= 11 is 0. The van der Waals surface area contributed by atoms with Gasteiger partial charge in [-0.3, -0.25) is 14.6 Å². The van der Waals surface area contributed by atoms with Gasteiger partial charge in [0.2, 0.25) is 17.6 Å². The van der Waals surface area contributed by atoms with E-state index in [0.29, 0.717) is 22.7 Å². The highest BCUT2D eigenvalue weighted by Gasteiger charge is 2.17. The Kier molecular flexibility index (Phi) is 8.69. The van der Waals surface area contributed by atoms with E-state index in [1.54, 1.807) is 31.5 Å². The molecule has 3 rings (SSSR count). The van der Waals surface area contributed by atoms with Crippen LogP contribution in [0, 0.1) is 6.92 Å². The minimum atomic E-state index is -0.344. The molecule has 188 valence electrons. The number of nitrogens with zero attached hydrogens (tertiary/aromatic N) is 5. The molecule has 0 atom stereocenters. The van der Waals surface area contributed by atoms with Gasteiger partial charge < -0.3 is 25.2 Å². The Hall–Kier alpha value is -4.31. The Morgan fingerprint density at radius 3 is 2.56 bits per heavy atom. The second-order valence-corrected chi connectivity index (χ2v) is 8.46. The Labute approximate surface area is 211 Å². The van der Waals surface area contributed by atoms with E-state index in [0.717, 1.165) is 24.3 Å². The number of aromatic nitrogens is 3. The minimum Gasteiger partial charge on any atom is -0.494 e. The molecule has 1 aromatic carbocycles. The quantitative estimate of drug-likeness (QED) is 0.309. The number of carbonyl (C=O) groups excluding carboxylic acids is 2. The van der Waals surface area contributed by atoms with Gasteiger partial charge in [-0.1, -0.05) is 6.58 Å². The lowest BCUT2D eigenvalue weighted by molar-refractivity contribution is -0.111. The van der Waals surface area contributed by atoms with Gasteiger partial charge in [0.05, 0.1) is 24.2 Å². The van der Waals surface area contributed by atoms with Gasteiger partial charge >= 0.3 is 0 Å². The number of ether oxygens (including phenoxy) is 1. The number of anilines is 4. The molecule has 2 N–H and O–H groups in total. The van der Waals surface area contributed by atoms with Crippen LogP contribution >= 0.6 is 0 Å². The van der Waals surface area contributed by atoms with E-state index in [4.69, 9.17) is 4.74 Å². The maximum absolute atomic E-state index is 12.9. The fourth-order valence-electron chi connectivity index (χ4n) is 3.40. The van der Waals surface area contributed by atoms with Gasteiger partial charge in [0.1, 0.15) is 11.4 Å². The van der Waals surface area contributed by atoms with Crippen molar-refractivity contribution in [3.8, 4) is 5.75 Å². The second-order valence-electron chi connectivity index (χ2n) is 8.46. The van der Waals surface area contributed by atoms with Crippen molar-refractivity contribution in [3.05, 3.63) is 72.3 Å². The molecule has 0 saturated carbocycles. The summed E-state index contributed by atoms with van der Waals surface area (Å²) in [6, 6.07) is 6.87. The van der Waals surface area contributed by atoms with Gasteiger partial charge in [0.25, 0.3) is 0 Å². The first-order chi connectivity index (χ1) is 17.2. The molecule has 10 nitrogen and oxygen atoms in total. The molecule has 0 aliphatic heterocycles. The fourth-order valence-corrected chi connectivity index (χ4v) is 3.40. The van der Waals surface area contributed by atoms with Crippen LogP contribution in [0.15, 0.2) is 55.5 Å². The van der Waals surface area contributed by atoms with Crippen LogP contribution in [0.3, 0.4) is 0 Å². The number of likely N-dealkylation sites (N-methyl/N-ethyl adjacent to an activating group) is 2. The predicted octanol–water partition coefficient (Wildman–Crippen LogP) is 3.29. The number of hydrogen-bond acceptors (Lipinski definition) is 9. The zero-order valence-corrected chi connectivity index (χ0v) is 21.2. The minimum absolute atomic E-state index is 0.203. The van der Waals surface area contributed by atoms with Crippen LogP contribution in [0.2, 0.25) is 0 Å². The summed E-state index contributed by atoms with van der Waals surface area (Å²) in [4.78, 5) is 41.9. The normalized spacial score (nSPS) is 10.6. The molecule has 10 heteroatoms. The molecular formula is C26H31N7O3. The van der Waals surface area contributed by atoms with Crippen molar-refractivity contribution < 1.29 is 14.3 Å². The predicted molar refractivity (Wildman–Crippen MR) is 141 cm³/mol. The van der Waals surface area contributed by atoms with Crippen molar-refractivity contribution in [2.24, 2.45) is 0 Å². The van der Waals surface area contributed by atoms with E-state index in [9.17, 15) is 9.59 Å². The van der Waals surface area contributed by atoms with Crippen molar-refractivity contribution in [2.45, 2.75) is 6.92 Å². The van der Waals surface area contributed by atoms with E-state index in [1.165, 1.54) is 18.5 Å². The first-order valence-electron chi connectivity index (χ1n) is 11.3. The number of carbonyl (C=O) groups is 2. The third-order valence-electron chi connectivity index (χ3n) is 5.33. The molecule has 0 radical (unpaired) electrons. The fraction of sp³-hybridized carbons (Fsp3) is 0.269. The summed E-state index contributed by atoms with van der Waals surface area (Å²) in [5, 5.41) is 5.96. The molecule has 1 amide bonds. The zero-order chi connectivity index (χ0) is 26.2. The molecule has 2 heterocycles. The van der Waals surface area contributed by atoms with Gasteiger partial charge in [-0.05, 0) is 50.9 Å². The third-order valence-corrected chi connectivity index (χ3v) is 5.33. The highest BCUT2D eigenvalue weighted by atomic mass is 16.5. The van der Waals surface area contributed by atoms with Crippen molar-refractivity contribution in [1.29, 1.82) is 0 Å². The van der Waals surface area contributed by atoms with Crippen LogP contribution in [0.4, 0.5) is 23.0 Å². The van der Waals surface area contributed by atoms with Crippen LogP contribution in [0.1, 0.15) is 21.6 Å². The second kappa shape index (κ2) is 11.9. The Morgan fingerprint density at radius 2 is 1.89 bits per heavy atom. The van der Waals surface area contributed by atoms with E-state index in [-0.39, 0.29) is 23.3 Å². The maximum Gasteiger partial charge on any atom is 0.247 e. The lowest BCUT2D eigenvalue weighted by atomic mass is 10.1. The van der Waals surface area contributed by atoms with E-state index >= 15 is 0 Å². The highest BCUT2D eigenvalue weighted by Crippen LogP contribution is 2.37. The van der Waals surface area contributed by atoms with E-state index in [2.05, 4.69) is 37.1 Å². The summed E-state index contributed by atoms with van der Waals surface area (Å²) in [6.45, 7) is 6.95. The molecule has 36 heavy (non-hydrogen) atoms. The molecular weight excluding hydrogens is 458 g/mol. The summed E-state index contributed by atoms with van der Waals surface area (Å²) in [5.74, 6) is 0.111. The van der Waals surface area contributed by atoms with Crippen molar-refractivity contribution >= 4 is 34.7 Å². The largest absolute Gasteiger partial charge is 0.494 e. The first-order valence-corrected chi connectivity index (χ1v) is 11.3. The average molecular weight is 490 g/mol. The number of ketones is 1. The number of hydrogen-bond donors (Lipinski definition) is 2. The molecule has 0 saturated heterocycles. The monoisotopic (exact) mass is 489 g/mol. The molecule has 0 aliphatic rings. The highest BCUT2D eigenvalue weighted by molar-refractivity contribution is 6.07. The number of nitrogens with one attached hydrogen (secondary N) is 2. The molecule has 0 bridgehead atoms. The van der Waals surface area contributed by atoms with Crippen LogP contribution in [-0.2, 0) is 4.79 Å². The smallest absolute Gasteiger partial charge is 0.247 e. The summed E-state index contributed by atoms with van der Waals surface area (Å²) in [6.07, 6.45) is 5.90. The number of aryl methyl sites for hydroxylation is 1. The van der Waals surface area contributed by atoms with Crippen LogP contribution in [-0.4, -0.2) is 72.9 Å². The number of rotatable bonds is 11. The SMILES string of the molecule is C=CC(=O)Nc1cc(Nc2nccc(C(=O)c3cncc(C)c3)n2)c(OC)cc1N(C)CCN(C)C. The number of amides is 1. The zero-order valence-electron chi connectivity index (χ0n) is 21.2. The van der Waals surface area contributed by atoms with Crippen LogP contribution in [0.5, 0.6) is 5.75 Å². The van der Waals surface area contributed by atoms with Gasteiger partial charge in [-0.2, -0.15) is 0 Å². The average Bonchev–Trinajstić information content (AvgIpc) is 2.87. The maximum atomic E-state index is 12.9. The van der Waals surface area contributed by atoms with Gasteiger partial charge in [0, 0.05) is 50.4 Å². The molecule has 0 spiro atoms. The summed E-state index contributed by atoms with van der Waals surface area (Å²) in [5.41, 5.74) is 3.38. The number of methoxy groups -OCH3 is 1. The van der Waals surface area contributed by atoms with Gasteiger partial charge in [-0.25, -0.2) is 9.97 Å². The molecule has 3 aromatic rings. The lowest BCUT2D eigenvalue weighted by Crippen LogP contribution is -2.29. The standard InChI is InChI=1S/C26H31N7O3/c1-7-24(34)29-20-13-21(23(36-6)14-22(20)33(5)11-10-32(3)4)31-26-28-9-8-19(30-26)25(35)18-12-17(2)15-27-16-18/h7-9,12-16H,1,10-11H2,2-6H3,(H,29,34)(H,28,30,31). The molecule has 0 aliphatic carbocycles. The van der Waals surface area contributed by atoms with Crippen molar-refractivity contribution in [1.82, 2.24) is 19.9 Å². The van der Waals surface area contributed by atoms with Gasteiger partial charge in [-0.15, -0.1) is 0 Å². The molecule has 0 unspecified atom stereocenters. The molecule has 2 aromatic heterocycles. The summed E-state index contributed by atoms with van der Waals surface area (Å²) in [7, 11) is 7.48. The van der Waals surface area contributed by atoms with Crippen molar-refractivity contribution in [3.63, 3.8) is 0 Å². The third kappa shape index (κ3) is 6.63. The number of benzene rings is 1. The van der Waals surface area contributed by atoms with Gasteiger partial charge in [0.15, 0.2) is 0 Å². The van der Waals surface area contributed by atoms with Crippen LogP contribution < -0.4 is 20.3 Å². The van der Waals surface area contributed by atoms with E-state index in [1.807, 2.05) is 39.0 Å². The summed E-state index contributed by atoms with van der Waals surface area (Å²) < 4.78 is 5.62. The van der Waals surface area contributed by atoms with Crippen molar-refractivity contribution in [2.75, 3.05) is 56.9 Å². The lowest BCUT2D eigenvalue weighted by Gasteiger charge is -2.26. The Morgan fingerprint density at radius 1 is 1.11 bits per heavy atom. The topological polar surface area (TPSA) is 113 Å². The first kappa shape index (κ1) is 26.3. The van der Waals surface area contributed by atoms with E-state index < -0.39 is 0 Å². The number of pyridine rings is 1. The Bertz CT molecular complexity index is 1260. The Balaban J connectivity index is 1.95.